The molecule has 4 amide bonds. The van der Waals surface area contributed by atoms with Crippen LogP contribution in [0.25, 0.3) is 0 Å². The molecule has 0 fully saturated rings. The lowest BCUT2D eigenvalue weighted by Crippen LogP contribution is -2.29. The lowest BCUT2D eigenvalue weighted by molar-refractivity contribution is 0.0922. The molecular formula is C42H27N3O6. The molecular weight excluding hydrogens is 642 g/mol. The van der Waals surface area contributed by atoms with Gasteiger partial charge in [0, 0.05) is 44.8 Å². The van der Waals surface area contributed by atoms with Crippen LogP contribution in [0.5, 0.6) is 0 Å². The van der Waals surface area contributed by atoms with E-state index in [1.165, 1.54) is 30.3 Å². The number of imide groups is 1. The third-order valence-corrected chi connectivity index (χ3v) is 8.35. The van der Waals surface area contributed by atoms with Crippen molar-refractivity contribution in [2.24, 2.45) is 0 Å². The maximum atomic E-state index is 13.6. The number of amides is 4. The van der Waals surface area contributed by atoms with E-state index in [1.54, 1.807) is 109 Å². The van der Waals surface area contributed by atoms with Crippen LogP contribution in [0.1, 0.15) is 73.3 Å². The standard InChI is InChI=1S/C42H27N3O6/c46-37(26-10-3-1-4-11-26)28-14-7-17-32(22-28)43-39(48)30-16-9-19-34(24-30)45-41(50)35-21-20-31(25-36(35)42(45)51)40(49)44-33-18-8-15-29(23-33)38(47)27-12-5-2-6-13-27/h1-25H,(H,43,48)(H,44,49). The number of fused-ring (bicyclic) bond motifs is 1. The third kappa shape index (κ3) is 6.59. The molecule has 0 aromatic heterocycles. The van der Waals surface area contributed by atoms with Gasteiger partial charge < -0.3 is 10.6 Å². The Hall–Kier alpha value is -7.26. The Labute approximate surface area is 292 Å². The van der Waals surface area contributed by atoms with E-state index in [0.717, 1.165) is 4.90 Å². The summed E-state index contributed by atoms with van der Waals surface area (Å²) in [4.78, 5) is 80.3. The van der Waals surface area contributed by atoms with Gasteiger partial charge in [-0.2, -0.15) is 0 Å². The van der Waals surface area contributed by atoms with Crippen LogP contribution >= 0.6 is 0 Å². The van der Waals surface area contributed by atoms with E-state index in [9.17, 15) is 28.8 Å². The van der Waals surface area contributed by atoms with Crippen molar-refractivity contribution in [2.75, 3.05) is 15.5 Å². The summed E-state index contributed by atoms with van der Waals surface area (Å²) in [5, 5.41) is 5.54. The minimum atomic E-state index is -0.648. The van der Waals surface area contributed by atoms with Crippen LogP contribution in [-0.2, 0) is 0 Å². The van der Waals surface area contributed by atoms with Crippen LogP contribution in [-0.4, -0.2) is 35.2 Å². The van der Waals surface area contributed by atoms with E-state index >= 15 is 0 Å². The maximum Gasteiger partial charge on any atom is 0.266 e. The number of carbonyl (C=O) groups is 6. The molecule has 0 bridgehead atoms. The van der Waals surface area contributed by atoms with Crippen molar-refractivity contribution in [2.45, 2.75) is 0 Å². The van der Waals surface area contributed by atoms with Crippen molar-refractivity contribution in [1.82, 2.24) is 0 Å². The molecule has 9 heteroatoms. The molecule has 0 saturated carbocycles. The first-order valence-corrected chi connectivity index (χ1v) is 15.9. The minimum absolute atomic E-state index is 0.0374. The second kappa shape index (κ2) is 13.7. The van der Waals surface area contributed by atoms with Gasteiger partial charge in [0.05, 0.1) is 16.8 Å². The summed E-state index contributed by atoms with van der Waals surface area (Å²) in [6.07, 6.45) is 0. The van der Waals surface area contributed by atoms with Crippen LogP contribution in [0.2, 0.25) is 0 Å². The highest BCUT2D eigenvalue weighted by atomic mass is 16.2. The highest BCUT2D eigenvalue weighted by molar-refractivity contribution is 6.35. The highest BCUT2D eigenvalue weighted by Crippen LogP contribution is 2.30. The molecule has 7 rings (SSSR count). The predicted octanol–water partition coefficient (Wildman–Crippen LogP) is 7.45. The summed E-state index contributed by atoms with van der Waals surface area (Å²) in [6.45, 7) is 0. The smallest absolute Gasteiger partial charge is 0.266 e. The first kappa shape index (κ1) is 32.3. The highest BCUT2D eigenvalue weighted by Gasteiger charge is 2.37. The van der Waals surface area contributed by atoms with Crippen LogP contribution < -0.4 is 15.5 Å². The molecule has 51 heavy (non-hydrogen) atoms. The van der Waals surface area contributed by atoms with Crippen molar-refractivity contribution in [1.29, 1.82) is 0 Å². The largest absolute Gasteiger partial charge is 0.322 e. The Kier molecular flexibility index (Phi) is 8.67. The van der Waals surface area contributed by atoms with Crippen molar-refractivity contribution in [3.05, 3.63) is 196 Å². The molecule has 246 valence electrons. The van der Waals surface area contributed by atoms with E-state index < -0.39 is 23.6 Å². The fourth-order valence-corrected chi connectivity index (χ4v) is 5.80. The molecule has 0 saturated heterocycles. The number of anilines is 3. The first-order valence-electron chi connectivity index (χ1n) is 15.9. The fourth-order valence-electron chi connectivity index (χ4n) is 5.80. The maximum absolute atomic E-state index is 13.6. The summed E-state index contributed by atoms with van der Waals surface area (Å²) >= 11 is 0. The van der Waals surface area contributed by atoms with Crippen molar-refractivity contribution in [3.63, 3.8) is 0 Å². The summed E-state index contributed by atoms with van der Waals surface area (Å²) in [5.74, 6) is -2.67. The average Bonchev–Trinajstić information content (AvgIpc) is 3.43. The van der Waals surface area contributed by atoms with Gasteiger partial charge in [0.25, 0.3) is 23.6 Å². The zero-order valence-electron chi connectivity index (χ0n) is 26.8. The number of benzene rings is 6. The van der Waals surface area contributed by atoms with E-state index in [1.807, 2.05) is 12.1 Å². The molecule has 0 atom stereocenters. The number of ketones is 2. The molecule has 0 spiro atoms. The Bertz CT molecular complexity index is 2390. The summed E-state index contributed by atoms with van der Waals surface area (Å²) in [6, 6.07) is 40.9. The molecule has 0 aliphatic carbocycles. The lowest BCUT2D eigenvalue weighted by Gasteiger charge is -2.15. The molecule has 6 aromatic carbocycles. The molecule has 1 aliphatic rings. The summed E-state index contributed by atoms with van der Waals surface area (Å²) < 4.78 is 0. The Morgan fingerprint density at radius 3 is 1.39 bits per heavy atom. The Morgan fingerprint density at radius 1 is 0.392 bits per heavy atom. The Morgan fingerprint density at radius 2 is 0.843 bits per heavy atom. The van der Waals surface area contributed by atoms with Crippen molar-refractivity contribution >= 4 is 52.3 Å². The zero-order chi connectivity index (χ0) is 35.5. The van der Waals surface area contributed by atoms with Crippen LogP contribution in [0.3, 0.4) is 0 Å². The van der Waals surface area contributed by atoms with Crippen LogP contribution in [0.15, 0.2) is 152 Å². The van der Waals surface area contributed by atoms with Gasteiger partial charge in [-0.15, -0.1) is 0 Å². The normalized spacial score (nSPS) is 11.9. The van der Waals surface area contributed by atoms with E-state index in [4.69, 9.17) is 0 Å². The molecule has 1 heterocycles. The van der Waals surface area contributed by atoms with Crippen LogP contribution in [0.4, 0.5) is 17.1 Å². The van der Waals surface area contributed by atoms with Gasteiger partial charge >= 0.3 is 0 Å². The monoisotopic (exact) mass is 669 g/mol. The van der Waals surface area contributed by atoms with E-state index in [2.05, 4.69) is 10.6 Å². The fraction of sp³-hybridized carbons (Fsp3) is 0. The number of nitrogens with one attached hydrogen (secondary N) is 2. The lowest BCUT2D eigenvalue weighted by atomic mass is 10.0. The van der Waals surface area contributed by atoms with Gasteiger partial charge in [-0.1, -0.05) is 91.0 Å². The molecule has 0 radical (unpaired) electrons. The number of nitrogens with zero attached hydrogens (tertiary/aromatic N) is 1. The second-order valence-corrected chi connectivity index (χ2v) is 11.7. The average molecular weight is 670 g/mol. The van der Waals surface area contributed by atoms with Crippen molar-refractivity contribution < 1.29 is 28.8 Å². The Balaban J connectivity index is 1.06. The SMILES string of the molecule is O=C(Nc1cccc(C(=O)c2ccccc2)c1)c1cccc(N2C(=O)c3ccc(C(=O)Nc4cccc(C(=O)c5ccccc5)c4)cc3C2=O)c1. The molecule has 6 aromatic rings. The van der Waals surface area contributed by atoms with Gasteiger partial charge in [0.15, 0.2) is 11.6 Å². The van der Waals surface area contributed by atoms with Gasteiger partial charge in [-0.25, -0.2) is 4.90 Å². The third-order valence-electron chi connectivity index (χ3n) is 8.35. The number of rotatable bonds is 9. The molecule has 9 nitrogen and oxygen atoms in total. The van der Waals surface area contributed by atoms with Gasteiger partial charge in [0.2, 0.25) is 0 Å². The first-order chi connectivity index (χ1) is 24.8. The van der Waals surface area contributed by atoms with Crippen LogP contribution in [0, 0.1) is 0 Å². The van der Waals surface area contributed by atoms with Gasteiger partial charge in [-0.3, -0.25) is 28.8 Å². The minimum Gasteiger partial charge on any atom is -0.322 e. The van der Waals surface area contributed by atoms with Gasteiger partial charge in [-0.05, 0) is 60.7 Å². The van der Waals surface area contributed by atoms with Crippen molar-refractivity contribution in [3.8, 4) is 0 Å². The molecule has 0 unspecified atom stereocenters. The topological polar surface area (TPSA) is 130 Å². The quantitative estimate of drug-likeness (QED) is 0.122. The number of hydrogen-bond donors (Lipinski definition) is 2. The van der Waals surface area contributed by atoms with E-state index in [0.29, 0.717) is 33.6 Å². The summed E-state index contributed by atoms with van der Waals surface area (Å²) in [7, 11) is 0. The molecule has 2 N–H and O–H groups in total. The zero-order valence-corrected chi connectivity index (χ0v) is 26.8. The summed E-state index contributed by atoms with van der Waals surface area (Å²) in [5.41, 5.74) is 3.25. The number of hydrogen-bond acceptors (Lipinski definition) is 6. The van der Waals surface area contributed by atoms with E-state index in [-0.39, 0.29) is 39.5 Å². The molecule has 1 aliphatic heterocycles. The van der Waals surface area contributed by atoms with Gasteiger partial charge in [0.1, 0.15) is 0 Å². The predicted molar refractivity (Wildman–Crippen MR) is 193 cm³/mol. The second-order valence-electron chi connectivity index (χ2n) is 11.7. The number of carbonyl (C=O) groups excluding carboxylic acids is 6.